The summed E-state index contributed by atoms with van der Waals surface area (Å²) in [5, 5.41) is 10.6. The van der Waals surface area contributed by atoms with Crippen LogP contribution in [0.1, 0.15) is 58.4 Å². The maximum absolute atomic E-state index is 14.9. The number of benzene rings is 1. The van der Waals surface area contributed by atoms with Crippen LogP contribution >= 0.6 is 0 Å². The molecule has 3 aliphatic heterocycles. The van der Waals surface area contributed by atoms with E-state index in [2.05, 4.69) is 4.90 Å². The van der Waals surface area contributed by atoms with Crippen LogP contribution in [0.2, 0.25) is 0 Å². The standard InChI is InChI=1S/C35H49FN4O6/c1-23-5-9-30(41)21-32(42)46-33(24(2)6-10-31(23)45-35(44)38-13-11-37(4)12-14-38)25(3)17-27-18-28(36)20-29(19-27)40-16-15-39(34(40)43)22-26-7-8-26/h6,10,17-20,23-24,26,30-31,33,41H,5,7-9,11-16,21-22H2,1-4H3/b10-6+,25-17+/t23-,24-,30+,31+,33-/m0/s1. The third kappa shape index (κ3) is 8.88. The van der Waals surface area contributed by atoms with E-state index in [1.54, 1.807) is 21.9 Å². The SMILES string of the molecule is C/C(=C\c1cc(F)cc(N2CCN(CC3CC3)C2=O)c1)[C@H]1OC(=O)C[C@H](O)CC[C@H](C)[C@H](OC(=O)N2CCN(C)CC2)/C=C/[C@@H]1C. The van der Waals surface area contributed by atoms with Gasteiger partial charge >= 0.3 is 18.1 Å². The van der Waals surface area contributed by atoms with E-state index in [9.17, 15) is 23.9 Å². The molecule has 5 rings (SSSR count). The van der Waals surface area contributed by atoms with Gasteiger partial charge in [-0.15, -0.1) is 0 Å². The van der Waals surface area contributed by atoms with Gasteiger partial charge in [0, 0.05) is 57.4 Å². The molecule has 3 heterocycles. The van der Waals surface area contributed by atoms with Crippen molar-refractivity contribution in [1.82, 2.24) is 14.7 Å². The van der Waals surface area contributed by atoms with E-state index in [4.69, 9.17) is 9.47 Å². The van der Waals surface area contributed by atoms with E-state index in [-0.39, 0.29) is 30.4 Å². The van der Waals surface area contributed by atoms with Crippen molar-refractivity contribution in [2.45, 2.75) is 71.2 Å². The maximum Gasteiger partial charge on any atom is 0.410 e. The van der Waals surface area contributed by atoms with Crippen LogP contribution in [-0.2, 0) is 14.3 Å². The second-order valence-electron chi connectivity index (χ2n) is 13.7. The zero-order valence-electron chi connectivity index (χ0n) is 27.6. The highest BCUT2D eigenvalue weighted by molar-refractivity contribution is 5.94. The monoisotopic (exact) mass is 640 g/mol. The Kier molecular flexibility index (Phi) is 11.0. The molecule has 4 aliphatic rings. The lowest BCUT2D eigenvalue weighted by atomic mass is 9.91. The molecule has 1 aromatic rings. The van der Waals surface area contributed by atoms with Crippen LogP contribution in [0.3, 0.4) is 0 Å². The van der Waals surface area contributed by atoms with E-state index < -0.39 is 30.1 Å². The minimum absolute atomic E-state index is 0.0840. The number of hydrogen-bond donors (Lipinski definition) is 1. The molecule has 3 fully saturated rings. The Morgan fingerprint density at radius 1 is 1.02 bits per heavy atom. The zero-order valence-corrected chi connectivity index (χ0v) is 27.6. The lowest BCUT2D eigenvalue weighted by molar-refractivity contribution is -0.151. The Morgan fingerprint density at radius 3 is 2.48 bits per heavy atom. The third-order valence-electron chi connectivity index (χ3n) is 9.59. The summed E-state index contributed by atoms with van der Waals surface area (Å²) in [5.41, 5.74) is 1.72. The predicted octanol–water partition coefficient (Wildman–Crippen LogP) is 4.92. The second kappa shape index (κ2) is 15.0. The molecule has 1 N–H and O–H groups in total. The molecule has 5 atom stereocenters. The molecule has 252 valence electrons. The summed E-state index contributed by atoms with van der Waals surface area (Å²) in [6.45, 7) is 10.3. The highest BCUT2D eigenvalue weighted by Crippen LogP contribution is 2.32. The number of hydrogen-bond acceptors (Lipinski definition) is 7. The third-order valence-corrected chi connectivity index (χ3v) is 9.59. The molecule has 46 heavy (non-hydrogen) atoms. The Bertz CT molecular complexity index is 1320. The van der Waals surface area contributed by atoms with Crippen molar-refractivity contribution in [3.8, 4) is 0 Å². The molecule has 0 aromatic heterocycles. The van der Waals surface area contributed by atoms with Crippen molar-refractivity contribution in [2.75, 3.05) is 57.8 Å². The van der Waals surface area contributed by atoms with Gasteiger partial charge in [0.15, 0.2) is 0 Å². The summed E-state index contributed by atoms with van der Waals surface area (Å²) in [5.74, 6) is -0.811. The van der Waals surface area contributed by atoms with Gasteiger partial charge in [-0.3, -0.25) is 9.69 Å². The maximum atomic E-state index is 14.9. The topological polar surface area (TPSA) is 103 Å². The van der Waals surface area contributed by atoms with Gasteiger partial charge in [0.1, 0.15) is 18.0 Å². The fourth-order valence-electron chi connectivity index (χ4n) is 6.41. The average Bonchev–Trinajstić information content (AvgIpc) is 3.76. The molecular formula is C35H49FN4O6. The Labute approximate surface area is 271 Å². The molecule has 1 saturated carbocycles. The summed E-state index contributed by atoms with van der Waals surface area (Å²) in [4.78, 5) is 46.4. The number of ether oxygens (including phenoxy) is 2. The summed E-state index contributed by atoms with van der Waals surface area (Å²) in [6.07, 6.45) is 6.12. The van der Waals surface area contributed by atoms with Crippen molar-refractivity contribution >= 4 is 29.9 Å². The number of halogens is 1. The molecule has 1 aliphatic carbocycles. The number of piperazine rings is 1. The predicted molar refractivity (Wildman–Crippen MR) is 174 cm³/mol. The first-order chi connectivity index (χ1) is 22.0. The fraction of sp³-hybridized carbons (Fsp3) is 0.629. The van der Waals surface area contributed by atoms with Crippen LogP contribution in [0, 0.1) is 23.6 Å². The van der Waals surface area contributed by atoms with Crippen LogP contribution in [0.25, 0.3) is 6.08 Å². The number of likely N-dealkylation sites (N-methyl/N-ethyl adjacent to an activating group) is 1. The van der Waals surface area contributed by atoms with Crippen molar-refractivity contribution in [3.63, 3.8) is 0 Å². The molecule has 2 saturated heterocycles. The minimum Gasteiger partial charge on any atom is -0.457 e. The average molecular weight is 641 g/mol. The summed E-state index contributed by atoms with van der Waals surface area (Å²) in [7, 11) is 2.03. The van der Waals surface area contributed by atoms with Crippen LogP contribution in [0.15, 0.2) is 35.9 Å². The Morgan fingerprint density at radius 2 is 1.76 bits per heavy atom. The molecule has 0 unspecified atom stereocenters. The van der Waals surface area contributed by atoms with E-state index in [0.29, 0.717) is 61.8 Å². The zero-order chi connectivity index (χ0) is 33.0. The quantitative estimate of drug-likeness (QED) is 0.348. The van der Waals surface area contributed by atoms with Crippen molar-refractivity contribution in [3.05, 3.63) is 47.3 Å². The number of carbonyl (C=O) groups excluding carboxylic acids is 3. The number of aliphatic hydroxyl groups excluding tert-OH is 1. The number of esters is 1. The highest BCUT2D eigenvalue weighted by atomic mass is 19.1. The molecule has 3 amide bonds. The molecular weight excluding hydrogens is 591 g/mol. The van der Waals surface area contributed by atoms with E-state index in [1.165, 1.54) is 12.1 Å². The van der Waals surface area contributed by atoms with E-state index in [1.807, 2.05) is 44.9 Å². The Hall–Kier alpha value is -3.44. The Balaban J connectivity index is 1.35. The van der Waals surface area contributed by atoms with Crippen molar-refractivity contribution in [2.24, 2.45) is 17.8 Å². The number of aliphatic hydroxyl groups is 1. The first-order valence-electron chi connectivity index (χ1n) is 16.7. The molecule has 10 nitrogen and oxygen atoms in total. The number of urea groups is 1. The summed E-state index contributed by atoms with van der Waals surface area (Å²) in [6, 6.07) is 4.44. The van der Waals surface area contributed by atoms with Gasteiger partial charge in [-0.1, -0.05) is 26.0 Å². The van der Waals surface area contributed by atoms with Gasteiger partial charge in [0.05, 0.1) is 12.5 Å². The van der Waals surface area contributed by atoms with Crippen LogP contribution < -0.4 is 4.90 Å². The summed E-state index contributed by atoms with van der Waals surface area (Å²) < 4.78 is 26.8. The number of anilines is 1. The second-order valence-corrected chi connectivity index (χ2v) is 13.7. The van der Waals surface area contributed by atoms with Gasteiger partial charge in [-0.2, -0.15) is 0 Å². The molecule has 11 heteroatoms. The number of cyclic esters (lactones) is 1. The van der Waals surface area contributed by atoms with Crippen LogP contribution in [-0.4, -0.2) is 109 Å². The number of carbonyl (C=O) groups is 3. The molecule has 0 radical (unpaired) electrons. The van der Waals surface area contributed by atoms with Crippen LogP contribution in [0.5, 0.6) is 0 Å². The van der Waals surface area contributed by atoms with E-state index in [0.717, 1.165) is 32.5 Å². The fourth-order valence-corrected chi connectivity index (χ4v) is 6.41. The number of rotatable bonds is 6. The molecule has 0 spiro atoms. The highest BCUT2D eigenvalue weighted by Gasteiger charge is 2.34. The number of amides is 3. The first kappa shape index (κ1) is 33.9. The minimum atomic E-state index is -0.893. The summed E-state index contributed by atoms with van der Waals surface area (Å²) >= 11 is 0. The molecule has 1 aromatic carbocycles. The lowest BCUT2D eigenvalue weighted by Gasteiger charge is -2.33. The van der Waals surface area contributed by atoms with Crippen molar-refractivity contribution in [1.29, 1.82) is 0 Å². The van der Waals surface area contributed by atoms with Crippen LogP contribution in [0.4, 0.5) is 19.7 Å². The van der Waals surface area contributed by atoms with Gasteiger partial charge in [0.25, 0.3) is 0 Å². The smallest absolute Gasteiger partial charge is 0.410 e. The van der Waals surface area contributed by atoms with Gasteiger partial charge in [0.2, 0.25) is 0 Å². The first-order valence-corrected chi connectivity index (χ1v) is 16.7. The van der Waals surface area contributed by atoms with Gasteiger partial charge < -0.3 is 29.3 Å². The van der Waals surface area contributed by atoms with Gasteiger partial charge in [-0.25, -0.2) is 14.0 Å². The largest absolute Gasteiger partial charge is 0.457 e. The van der Waals surface area contributed by atoms with Crippen molar-refractivity contribution < 1.29 is 33.4 Å². The molecule has 0 bridgehead atoms. The normalized spacial score (nSPS) is 29.7. The lowest BCUT2D eigenvalue weighted by Crippen LogP contribution is -2.48. The van der Waals surface area contributed by atoms with Gasteiger partial charge in [-0.05, 0) is 86.9 Å². The van der Waals surface area contributed by atoms with E-state index >= 15 is 0 Å². The number of nitrogens with zero attached hydrogens (tertiary/aromatic N) is 4.